The minimum atomic E-state index is 0.128. The number of hydrogen-bond donors (Lipinski definition) is 0. The second-order valence-corrected chi connectivity index (χ2v) is 2.65. The third-order valence-electron chi connectivity index (χ3n) is 1.67. The third-order valence-corrected chi connectivity index (χ3v) is 1.67. The van der Waals surface area contributed by atoms with E-state index in [-0.39, 0.29) is 5.60 Å². The van der Waals surface area contributed by atoms with Crippen LogP contribution in [0.2, 0.25) is 0 Å². The molecule has 2 nitrogen and oxygen atoms in total. The van der Waals surface area contributed by atoms with Crippen molar-refractivity contribution in [1.29, 1.82) is 0 Å². The summed E-state index contributed by atoms with van der Waals surface area (Å²) in [5.41, 5.74) is 0.128. The van der Waals surface area contributed by atoms with Gasteiger partial charge in [-0.3, -0.25) is 0 Å². The molecule has 0 spiro atoms. The first-order valence-electron chi connectivity index (χ1n) is 3.46. The van der Waals surface area contributed by atoms with Crippen LogP contribution in [-0.4, -0.2) is 25.9 Å². The van der Waals surface area contributed by atoms with Gasteiger partial charge in [0.15, 0.2) is 0 Å². The van der Waals surface area contributed by atoms with Gasteiger partial charge in [0, 0.05) is 7.11 Å². The molecule has 1 heterocycles. The predicted octanol–water partition coefficient (Wildman–Crippen LogP) is 1.20. The molecule has 1 unspecified atom stereocenters. The van der Waals surface area contributed by atoms with Crippen LogP contribution in [0.5, 0.6) is 0 Å². The van der Waals surface area contributed by atoms with E-state index in [4.69, 9.17) is 9.47 Å². The van der Waals surface area contributed by atoms with Crippen LogP contribution in [0, 0.1) is 0 Å². The summed E-state index contributed by atoms with van der Waals surface area (Å²) in [4.78, 5) is 0. The Bertz CT molecular complexity index is 78.9. The van der Waals surface area contributed by atoms with Crippen molar-refractivity contribution in [3.8, 4) is 0 Å². The molecule has 1 aliphatic heterocycles. The zero-order chi connectivity index (χ0) is 6.74. The molecule has 54 valence electrons. The maximum absolute atomic E-state index is 5.25. The normalized spacial score (nSPS) is 32.7. The highest BCUT2D eigenvalue weighted by Crippen LogP contribution is 2.31. The minimum Gasteiger partial charge on any atom is -0.382 e. The number of epoxide rings is 1. The first-order valence-corrected chi connectivity index (χ1v) is 3.46. The fourth-order valence-electron chi connectivity index (χ4n) is 1.12. The van der Waals surface area contributed by atoms with Gasteiger partial charge in [0.25, 0.3) is 0 Å². The Balaban J connectivity index is 2.17. The van der Waals surface area contributed by atoms with Crippen LogP contribution in [0.3, 0.4) is 0 Å². The van der Waals surface area contributed by atoms with Crippen molar-refractivity contribution in [3.05, 3.63) is 0 Å². The van der Waals surface area contributed by atoms with Gasteiger partial charge in [-0.25, -0.2) is 0 Å². The molecule has 0 amide bonds. The average molecular weight is 130 g/mol. The molecule has 0 saturated carbocycles. The first kappa shape index (κ1) is 7.03. The highest BCUT2D eigenvalue weighted by molar-refractivity contribution is 4.91. The molecule has 1 aliphatic rings. The van der Waals surface area contributed by atoms with Crippen LogP contribution in [0.4, 0.5) is 0 Å². The Morgan fingerprint density at radius 2 is 2.33 bits per heavy atom. The van der Waals surface area contributed by atoms with Gasteiger partial charge in [-0.05, 0) is 6.42 Å². The second-order valence-electron chi connectivity index (χ2n) is 2.65. The van der Waals surface area contributed by atoms with Crippen molar-refractivity contribution >= 4 is 0 Å². The van der Waals surface area contributed by atoms with Gasteiger partial charge in [0.05, 0.1) is 13.2 Å². The zero-order valence-corrected chi connectivity index (χ0v) is 6.14. The quantitative estimate of drug-likeness (QED) is 0.533. The lowest BCUT2D eigenvalue weighted by Crippen LogP contribution is -2.17. The summed E-state index contributed by atoms with van der Waals surface area (Å²) in [5, 5.41) is 0. The molecule has 0 N–H and O–H groups in total. The van der Waals surface area contributed by atoms with Crippen molar-refractivity contribution in [1.82, 2.24) is 0 Å². The fraction of sp³-hybridized carbons (Fsp3) is 1.00. The molecule has 0 aromatic carbocycles. The zero-order valence-electron chi connectivity index (χ0n) is 6.14. The van der Waals surface area contributed by atoms with Crippen LogP contribution in [0.15, 0.2) is 0 Å². The maximum Gasteiger partial charge on any atom is 0.115 e. The van der Waals surface area contributed by atoms with Gasteiger partial charge in [-0.2, -0.15) is 0 Å². The monoisotopic (exact) mass is 130 g/mol. The van der Waals surface area contributed by atoms with E-state index in [1.54, 1.807) is 7.11 Å². The van der Waals surface area contributed by atoms with E-state index < -0.39 is 0 Å². The summed E-state index contributed by atoms with van der Waals surface area (Å²) < 4.78 is 10.2. The summed E-state index contributed by atoms with van der Waals surface area (Å²) in [5.74, 6) is 0. The summed E-state index contributed by atoms with van der Waals surface area (Å²) in [6.45, 7) is 3.83. The average Bonchev–Trinajstić information content (AvgIpc) is 2.51. The Hall–Kier alpha value is -0.0800. The van der Waals surface area contributed by atoms with Gasteiger partial charge < -0.3 is 9.47 Å². The molecular weight excluding hydrogens is 116 g/mol. The van der Waals surface area contributed by atoms with E-state index in [1.165, 1.54) is 6.42 Å². The van der Waals surface area contributed by atoms with Gasteiger partial charge in [0.1, 0.15) is 5.60 Å². The van der Waals surface area contributed by atoms with E-state index in [1.807, 2.05) is 0 Å². The lowest BCUT2D eigenvalue weighted by Gasteiger charge is -2.06. The minimum absolute atomic E-state index is 0.128. The van der Waals surface area contributed by atoms with Gasteiger partial charge in [0.2, 0.25) is 0 Å². The Morgan fingerprint density at radius 3 is 2.67 bits per heavy atom. The second kappa shape index (κ2) is 2.67. The maximum atomic E-state index is 5.25. The molecule has 1 atom stereocenters. The van der Waals surface area contributed by atoms with Gasteiger partial charge in [-0.15, -0.1) is 0 Å². The third kappa shape index (κ3) is 1.66. The Kier molecular flexibility index (Phi) is 2.09. The van der Waals surface area contributed by atoms with Crippen LogP contribution in [-0.2, 0) is 9.47 Å². The molecule has 0 radical (unpaired) electrons. The topological polar surface area (TPSA) is 21.8 Å². The molecule has 0 aliphatic carbocycles. The number of hydrogen-bond acceptors (Lipinski definition) is 2. The van der Waals surface area contributed by atoms with Gasteiger partial charge >= 0.3 is 0 Å². The Labute approximate surface area is 56.2 Å². The highest BCUT2D eigenvalue weighted by atomic mass is 16.6. The SMILES string of the molecule is CCCC1(COC)CO1. The Morgan fingerprint density at radius 1 is 1.67 bits per heavy atom. The standard InChI is InChI=1S/C7H14O2/c1-3-4-7(5-8-2)6-9-7/h3-6H2,1-2H3. The lowest BCUT2D eigenvalue weighted by atomic mass is 10.1. The van der Waals surface area contributed by atoms with E-state index in [0.29, 0.717) is 0 Å². The van der Waals surface area contributed by atoms with Crippen LogP contribution in [0.1, 0.15) is 19.8 Å². The van der Waals surface area contributed by atoms with Crippen LogP contribution in [0.25, 0.3) is 0 Å². The smallest absolute Gasteiger partial charge is 0.115 e. The molecule has 9 heavy (non-hydrogen) atoms. The van der Waals surface area contributed by atoms with E-state index in [9.17, 15) is 0 Å². The number of methoxy groups -OCH3 is 1. The molecule has 1 fully saturated rings. The summed E-state index contributed by atoms with van der Waals surface area (Å²) in [7, 11) is 1.72. The predicted molar refractivity (Wildman–Crippen MR) is 35.5 cm³/mol. The fourth-order valence-corrected chi connectivity index (χ4v) is 1.12. The van der Waals surface area contributed by atoms with Crippen molar-refractivity contribution in [3.63, 3.8) is 0 Å². The van der Waals surface area contributed by atoms with Crippen molar-refractivity contribution in [2.24, 2.45) is 0 Å². The molecular formula is C7H14O2. The molecule has 0 aromatic rings. The molecule has 1 rings (SSSR count). The largest absolute Gasteiger partial charge is 0.382 e. The molecule has 1 saturated heterocycles. The van der Waals surface area contributed by atoms with E-state index >= 15 is 0 Å². The van der Waals surface area contributed by atoms with E-state index in [2.05, 4.69) is 6.92 Å². The van der Waals surface area contributed by atoms with Gasteiger partial charge in [-0.1, -0.05) is 13.3 Å². The molecule has 0 bridgehead atoms. The van der Waals surface area contributed by atoms with Crippen LogP contribution < -0.4 is 0 Å². The van der Waals surface area contributed by atoms with Crippen molar-refractivity contribution < 1.29 is 9.47 Å². The first-order chi connectivity index (χ1) is 4.33. The number of rotatable bonds is 4. The molecule has 0 aromatic heterocycles. The summed E-state index contributed by atoms with van der Waals surface area (Å²) >= 11 is 0. The van der Waals surface area contributed by atoms with Crippen molar-refractivity contribution in [2.75, 3.05) is 20.3 Å². The van der Waals surface area contributed by atoms with E-state index in [0.717, 1.165) is 19.6 Å². The number of ether oxygens (including phenoxy) is 2. The lowest BCUT2D eigenvalue weighted by molar-refractivity contribution is 0.115. The van der Waals surface area contributed by atoms with Crippen molar-refractivity contribution in [2.45, 2.75) is 25.4 Å². The summed E-state index contributed by atoms with van der Waals surface area (Å²) in [6.07, 6.45) is 2.32. The molecule has 2 heteroatoms. The highest BCUT2D eigenvalue weighted by Gasteiger charge is 2.43. The summed E-state index contributed by atoms with van der Waals surface area (Å²) in [6, 6.07) is 0. The van der Waals surface area contributed by atoms with Crippen LogP contribution >= 0.6 is 0 Å².